The van der Waals surface area contributed by atoms with Crippen LogP contribution in [-0.2, 0) is 4.79 Å². The van der Waals surface area contributed by atoms with E-state index in [0.29, 0.717) is 17.0 Å². The van der Waals surface area contributed by atoms with Gasteiger partial charge in [-0.3, -0.25) is 9.78 Å². The summed E-state index contributed by atoms with van der Waals surface area (Å²) >= 11 is 0. The molecule has 0 bridgehead atoms. The van der Waals surface area contributed by atoms with E-state index in [1.807, 2.05) is 6.07 Å². The number of amides is 1. The van der Waals surface area contributed by atoms with Crippen molar-refractivity contribution in [2.45, 2.75) is 12.8 Å². The molecule has 0 aliphatic carbocycles. The molecule has 1 N–H and O–H groups in total. The number of ether oxygens (including phenoxy) is 1. The molecular weight excluding hydrogens is 383 g/mol. The van der Waals surface area contributed by atoms with Crippen LogP contribution in [0.5, 0.6) is 11.5 Å². The van der Waals surface area contributed by atoms with Crippen LogP contribution in [0.1, 0.15) is 18.4 Å². The average molecular weight is 404 g/mol. The molecule has 0 saturated carbocycles. The first-order valence-electron chi connectivity index (χ1n) is 9.75. The van der Waals surface area contributed by atoms with Gasteiger partial charge >= 0.3 is 0 Å². The highest BCUT2D eigenvalue weighted by atomic mass is 19.1. The number of aromatic nitrogens is 2. The minimum atomic E-state index is -0.523. The number of halogens is 1. The first-order chi connectivity index (χ1) is 14.7. The second-order valence-corrected chi connectivity index (χ2v) is 6.87. The lowest BCUT2D eigenvalue weighted by atomic mass is 10.2. The van der Waals surface area contributed by atoms with Crippen LogP contribution in [-0.4, -0.2) is 29.0 Å². The molecule has 152 valence electrons. The summed E-state index contributed by atoms with van der Waals surface area (Å²) in [5.41, 5.74) is 1.22. The molecule has 1 saturated heterocycles. The zero-order valence-corrected chi connectivity index (χ0v) is 16.3. The third-order valence-corrected chi connectivity index (χ3v) is 4.70. The molecule has 1 aliphatic heterocycles. The van der Waals surface area contributed by atoms with E-state index in [9.17, 15) is 9.18 Å². The minimum Gasteiger partial charge on any atom is -0.453 e. The standard InChI is InChI=1S/C23H21FN4O2/c24-19-15-17(7-9-21(19)30-18-5-3-11-25-16-18)8-10-22(29)27-20-6-4-12-26-23(20)28-13-1-2-14-28/h3-12,15-16H,1-2,13-14H2,(H,27,29)/b10-8+. The molecule has 0 unspecified atom stereocenters. The maximum Gasteiger partial charge on any atom is 0.248 e. The summed E-state index contributed by atoms with van der Waals surface area (Å²) in [6.45, 7) is 1.87. The van der Waals surface area contributed by atoms with Gasteiger partial charge in [0.05, 0.1) is 11.9 Å². The molecule has 6 nitrogen and oxygen atoms in total. The van der Waals surface area contributed by atoms with Gasteiger partial charge in [-0.15, -0.1) is 0 Å². The van der Waals surface area contributed by atoms with Crippen molar-refractivity contribution < 1.29 is 13.9 Å². The summed E-state index contributed by atoms with van der Waals surface area (Å²) in [5, 5.41) is 2.86. The van der Waals surface area contributed by atoms with Crippen LogP contribution in [0.15, 0.2) is 67.1 Å². The van der Waals surface area contributed by atoms with Crippen LogP contribution in [0.2, 0.25) is 0 Å². The fourth-order valence-corrected chi connectivity index (χ4v) is 3.26. The van der Waals surface area contributed by atoms with Crippen molar-refractivity contribution >= 4 is 23.5 Å². The Morgan fingerprint density at radius 1 is 1.13 bits per heavy atom. The molecule has 0 spiro atoms. The van der Waals surface area contributed by atoms with E-state index in [2.05, 4.69) is 20.2 Å². The van der Waals surface area contributed by atoms with Crippen LogP contribution >= 0.6 is 0 Å². The molecule has 7 heteroatoms. The van der Waals surface area contributed by atoms with Crippen molar-refractivity contribution in [3.05, 3.63) is 78.5 Å². The number of nitrogens with one attached hydrogen (secondary N) is 1. The SMILES string of the molecule is O=C(/C=C/c1ccc(Oc2cccnc2)c(F)c1)Nc1cccnc1N1CCCC1. The Hall–Kier alpha value is -3.74. The molecule has 1 aliphatic rings. The van der Waals surface area contributed by atoms with Gasteiger partial charge in [0.1, 0.15) is 5.75 Å². The molecule has 3 aromatic rings. The van der Waals surface area contributed by atoms with Gasteiger partial charge in [0.2, 0.25) is 5.91 Å². The van der Waals surface area contributed by atoms with E-state index in [1.54, 1.807) is 42.7 Å². The topological polar surface area (TPSA) is 67.3 Å². The average Bonchev–Trinajstić information content (AvgIpc) is 3.30. The van der Waals surface area contributed by atoms with Crippen LogP contribution in [0.4, 0.5) is 15.9 Å². The number of rotatable bonds is 6. The predicted octanol–water partition coefficient (Wildman–Crippen LogP) is 4.66. The summed E-state index contributed by atoms with van der Waals surface area (Å²) in [4.78, 5) is 22.9. The molecule has 1 fully saturated rings. The Labute approximate surface area is 174 Å². The molecule has 0 radical (unpaired) electrons. The van der Waals surface area contributed by atoms with Crippen LogP contribution in [0.3, 0.4) is 0 Å². The Morgan fingerprint density at radius 3 is 2.73 bits per heavy atom. The monoisotopic (exact) mass is 404 g/mol. The summed E-state index contributed by atoms with van der Waals surface area (Å²) < 4.78 is 19.8. The van der Waals surface area contributed by atoms with Crippen molar-refractivity contribution in [1.82, 2.24) is 9.97 Å². The fourth-order valence-electron chi connectivity index (χ4n) is 3.26. The highest BCUT2D eigenvalue weighted by Crippen LogP contribution is 2.27. The summed E-state index contributed by atoms with van der Waals surface area (Å²) in [6.07, 6.45) is 10.0. The van der Waals surface area contributed by atoms with Gasteiger partial charge < -0.3 is 15.0 Å². The molecule has 1 amide bonds. The number of carbonyl (C=O) groups excluding carboxylic acids is 1. The normalized spacial score (nSPS) is 13.6. The molecule has 2 aromatic heterocycles. The predicted molar refractivity (Wildman–Crippen MR) is 114 cm³/mol. The largest absolute Gasteiger partial charge is 0.453 e. The van der Waals surface area contributed by atoms with Gasteiger partial charge in [0.25, 0.3) is 0 Å². The first-order valence-corrected chi connectivity index (χ1v) is 9.75. The minimum absolute atomic E-state index is 0.0928. The lowest BCUT2D eigenvalue weighted by Gasteiger charge is -2.19. The first kappa shape index (κ1) is 19.6. The summed E-state index contributed by atoms with van der Waals surface area (Å²) in [7, 11) is 0. The van der Waals surface area contributed by atoms with E-state index in [0.717, 1.165) is 31.7 Å². The highest BCUT2D eigenvalue weighted by Gasteiger charge is 2.17. The Kier molecular flexibility index (Phi) is 5.98. The van der Waals surface area contributed by atoms with Crippen molar-refractivity contribution in [2.75, 3.05) is 23.3 Å². The Balaban J connectivity index is 1.41. The molecular formula is C23H21FN4O2. The number of hydrogen-bond donors (Lipinski definition) is 1. The quantitative estimate of drug-likeness (QED) is 0.605. The molecule has 0 atom stereocenters. The number of nitrogens with zero attached hydrogens (tertiary/aromatic N) is 3. The number of carbonyl (C=O) groups is 1. The third-order valence-electron chi connectivity index (χ3n) is 4.70. The number of benzene rings is 1. The van der Waals surface area contributed by atoms with E-state index in [-0.39, 0.29) is 11.7 Å². The lowest BCUT2D eigenvalue weighted by molar-refractivity contribution is -0.111. The second-order valence-electron chi connectivity index (χ2n) is 6.87. The molecule has 30 heavy (non-hydrogen) atoms. The highest BCUT2D eigenvalue weighted by molar-refractivity contribution is 6.03. The van der Waals surface area contributed by atoms with Crippen molar-refractivity contribution in [3.8, 4) is 11.5 Å². The maximum absolute atomic E-state index is 14.3. The van der Waals surface area contributed by atoms with Crippen LogP contribution in [0.25, 0.3) is 6.08 Å². The third kappa shape index (κ3) is 4.81. The van der Waals surface area contributed by atoms with Gasteiger partial charge in [-0.2, -0.15) is 0 Å². The Morgan fingerprint density at radius 2 is 1.97 bits per heavy atom. The molecule has 3 heterocycles. The van der Waals surface area contributed by atoms with Crippen LogP contribution < -0.4 is 15.0 Å². The number of anilines is 2. The van der Waals surface area contributed by atoms with Gasteiger partial charge in [-0.1, -0.05) is 6.07 Å². The van der Waals surface area contributed by atoms with Crippen molar-refractivity contribution in [3.63, 3.8) is 0 Å². The van der Waals surface area contributed by atoms with E-state index >= 15 is 0 Å². The van der Waals surface area contributed by atoms with Crippen LogP contribution in [0, 0.1) is 5.82 Å². The van der Waals surface area contributed by atoms with E-state index in [4.69, 9.17) is 4.74 Å². The zero-order chi connectivity index (χ0) is 20.8. The Bertz CT molecular complexity index is 1050. The van der Waals surface area contributed by atoms with Gasteiger partial charge in [0.15, 0.2) is 17.4 Å². The zero-order valence-electron chi connectivity index (χ0n) is 16.3. The van der Waals surface area contributed by atoms with Crippen molar-refractivity contribution in [2.24, 2.45) is 0 Å². The lowest BCUT2D eigenvalue weighted by Crippen LogP contribution is -2.21. The van der Waals surface area contributed by atoms with Crippen molar-refractivity contribution in [1.29, 1.82) is 0 Å². The fraction of sp³-hybridized carbons (Fsp3) is 0.174. The van der Waals surface area contributed by atoms with Gasteiger partial charge in [-0.25, -0.2) is 9.37 Å². The van der Waals surface area contributed by atoms with Gasteiger partial charge in [0, 0.05) is 31.6 Å². The molecule has 1 aromatic carbocycles. The smallest absolute Gasteiger partial charge is 0.248 e. The summed E-state index contributed by atoms with van der Waals surface area (Å²) in [6, 6.07) is 11.5. The maximum atomic E-state index is 14.3. The van der Waals surface area contributed by atoms with Gasteiger partial charge in [-0.05, 0) is 60.9 Å². The second kappa shape index (κ2) is 9.17. The van der Waals surface area contributed by atoms with E-state index < -0.39 is 5.82 Å². The number of hydrogen-bond acceptors (Lipinski definition) is 5. The number of pyridine rings is 2. The van der Waals surface area contributed by atoms with E-state index in [1.165, 1.54) is 24.4 Å². The summed E-state index contributed by atoms with van der Waals surface area (Å²) in [5.74, 6) is 0.490. The molecule has 4 rings (SSSR count).